The van der Waals surface area contributed by atoms with E-state index < -0.39 is 0 Å². The van der Waals surface area contributed by atoms with E-state index in [0.29, 0.717) is 25.9 Å². The summed E-state index contributed by atoms with van der Waals surface area (Å²) in [5.41, 5.74) is 0. The second-order valence-corrected chi connectivity index (χ2v) is 4.45. The van der Waals surface area contributed by atoms with Crippen molar-refractivity contribution < 1.29 is 9.59 Å². The number of nitrogens with zero attached hydrogens (tertiary/aromatic N) is 1. The van der Waals surface area contributed by atoms with Crippen LogP contribution in [0.5, 0.6) is 0 Å². The van der Waals surface area contributed by atoms with Gasteiger partial charge in [0, 0.05) is 38.5 Å². The first-order valence-corrected chi connectivity index (χ1v) is 6.39. The van der Waals surface area contributed by atoms with Gasteiger partial charge in [0.25, 0.3) is 0 Å². The van der Waals surface area contributed by atoms with Crippen molar-refractivity contribution in [3.63, 3.8) is 0 Å². The van der Waals surface area contributed by atoms with Gasteiger partial charge in [0.15, 0.2) is 0 Å². The molecule has 1 rings (SSSR count). The fraction of sp³-hybridized carbons (Fsp3) is 0.833. The Hall–Kier alpha value is -0.810. The van der Waals surface area contributed by atoms with Crippen molar-refractivity contribution in [2.75, 3.05) is 26.7 Å². The van der Waals surface area contributed by atoms with Gasteiger partial charge in [-0.1, -0.05) is 6.92 Å². The predicted octanol–water partition coefficient (Wildman–Crippen LogP) is 0.535. The molecule has 106 valence electrons. The van der Waals surface area contributed by atoms with Crippen LogP contribution < -0.4 is 10.6 Å². The Labute approximate surface area is 115 Å². The minimum absolute atomic E-state index is 0. The van der Waals surface area contributed by atoms with Crippen molar-refractivity contribution in [3.05, 3.63) is 0 Å². The van der Waals surface area contributed by atoms with Crippen LogP contribution in [0.3, 0.4) is 0 Å². The molecule has 1 fully saturated rings. The summed E-state index contributed by atoms with van der Waals surface area (Å²) in [6.45, 7) is 4.03. The number of likely N-dealkylation sites (tertiary alicyclic amines) is 1. The fourth-order valence-corrected chi connectivity index (χ4v) is 2.04. The summed E-state index contributed by atoms with van der Waals surface area (Å²) in [5, 5.41) is 5.93. The smallest absolute Gasteiger partial charge is 0.223 e. The molecule has 2 amide bonds. The second-order valence-electron chi connectivity index (χ2n) is 4.45. The third-order valence-corrected chi connectivity index (χ3v) is 3.05. The molecule has 1 aliphatic rings. The largest absolute Gasteiger partial charge is 0.352 e. The zero-order valence-electron chi connectivity index (χ0n) is 11.2. The normalized spacial score (nSPS) is 19.0. The zero-order chi connectivity index (χ0) is 12.7. The average molecular weight is 278 g/mol. The van der Waals surface area contributed by atoms with Gasteiger partial charge in [-0.05, 0) is 19.9 Å². The molecule has 1 atom stereocenters. The summed E-state index contributed by atoms with van der Waals surface area (Å²) in [7, 11) is 1.84. The molecular weight excluding hydrogens is 254 g/mol. The summed E-state index contributed by atoms with van der Waals surface area (Å²) in [5.74, 6) is 0.245. The third-order valence-electron chi connectivity index (χ3n) is 3.05. The average Bonchev–Trinajstić information content (AvgIpc) is 2.36. The zero-order valence-corrected chi connectivity index (χ0v) is 12.0. The first-order valence-electron chi connectivity index (χ1n) is 6.39. The van der Waals surface area contributed by atoms with Gasteiger partial charge in [0.1, 0.15) is 0 Å². The van der Waals surface area contributed by atoms with Crippen molar-refractivity contribution in [2.45, 2.75) is 38.6 Å². The van der Waals surface area contributed by atoms with Crippen LogP contribution in [0.1, 0.15) is 32.6 Å². The maximum atomic E-state index is 11.8. The molecular formula is C12H24ClN3O2. The molecule has 5 nitrogen and oxygen atoms in total. The van der Waals surface area contributed by atoms with Gasteiger partial charge in [0.05, 0.1) is 0 Å². The maximum absolute atomic E-state index is 11.8. The van der Waals surface area contributed by atoms with Gasteiger partial charge in [-0.15, -0.1) is 12.4 Å². The Morgan fingerprint density at radius 1 is 1.39 bits per heavy atom. The van der Waals surface area contributed by atoms with Crippen LogP contribution in [-0.4, -0.2) is 49.4 Å². The van der Waals surface area contributed by atoms with Gasteiger partial charge in [0.2, 0.25) is 11.8 Å². The second kappa shape index (κ2) is 9.16. The first kappa shape index (κ1) is 17.2. The number of carbonyl (C=O) groups excluding carboxylic acids is 2. The van der Waals surface area contributed by atoms with E-state index in [1.807, 2.05) is 18.9 Å². The Morgan fingerprint density at radius 3 is 2.72 bits per heavy atom. The summed E-state index contributed by atoms with van der Waals surface area (Å²) < 4.78 is 0. The molecule has 0 saturated carbocycles. The number of nitrogens with one attached hydrogen (secondary N) is 2. The highest BCUT2D eigenvalue weighted by molar-refractivity contribution is 5.85. The van der Waals surface area contributed by atoms with Gasteiger partial charge < -0.3 is 15.5 Å². The molecule has 0 spiro atoms. The van der Waals surface area contributed by atoms with Crippen LogP contribution in [0.2, 0.25) is 0 Å². The summed E-state index contributed by atoms with van der Waals surface area (Å²) >= 11 is 0. The number of hydrogen-bond donors (Lipinski definition) is 2. The molecule has 1 heterocycles. The number of amides is 2. The maximum Gasteiger partial charge on any atom is 0.223 e. The van der Waals surface area contributed by atoms with Gasteiger partial charge in [-0.25, -0.2) is 0 Å². The minimum atomic E-state index is 0. The Kier molecular flexibility index (Phi) is 8.75. The highest BCUT2D eigenvalue weighted by Gasteiger charge is 2.23. The molecule has 1 unspecified atom stereocenters. The lowest BCUT2D eigenvalue weighted by Gasteiger charge is -2.33. The van der Waals surface area contributed by atoms with E-state index in [-0.39, 0.29) is 30.3 Å². The lowest BCUT2D eigenvalue weighted by molar-refractivity contribution is -0.133. The van der Waals surface area contributed by atoms with Crippen molar-refractivity contribution in [2.24, 2.45) is 0 Å². The lowest BCUT2D eigenvalue weighted by atomic mass is 10.1. The van der Waals surface area contributed by atoms with Gasteiger partial charge in [-0.3, -0.25) is 9.59 Å². The summed E-state index contributed by atoms with van der Waals surface area (Å²) in [6.07, 6.45) is 2.98. The molecule has 0 aromatic heterocycles. The number of hydrogen-bond acceptors (Lipinski definition) is 3. The third kappa shape index (κ3) is 5.69. The molecule has 1 aliphatic heterocycles. The molecule has 18 heavy (non-hydrogen) atoms. The Bertz CT molecular complexity index is 274. The Morgan fingerprint density at radius 2 is 2.11 bits per heavy atom. The Balaban J connectivity index is 0.00000289. The van der Waals surface area contributed by atoms with E-state index in [4.69, 9.17) is 0 Å². The van der Waals surface area contributed by atoms with E-state index in [1.54, 1.807) is 0 Å². The molecule has 6 heteroatoms. The molecule has 0 aromatic carbocycles. The van der Waals surface area contributed by atoms with E-state index in [0.717, 1.165) is 19.4 Å². The van der Waals surface area contributed by atoms with Crippen LogP contribution >= 0.6 is 12.4 Å². The van der Waals surface area contributed by atoms with Crippen molar-refractivity contribution in [1.29, 1.82) is 0 Å². The molecule has 2 N–H and O–H groups in total. The molecule has 1 saturated heterocycles. The van der Waals surface area contributed by atoms with Crippen molar-refractivity contribution >= 4 is 24.2 Å². The van der Waals surface area contributed by atoms with E-state index in [2.05, 4.69) is 10.6 Å². The van der Waals surface area contributed by atoms with Crippen molar-refractivity contribution in [3.8, 4) is 0 Å². The standard InChI is InChI=1S/C12H23N3O2.ClH/c1-3-11(16)14-10-5-4-8-15(9-10)12(17)6-7-13-2;/h10,13H,3-9H2,1-2H3,(H,14,16);1H. The van der Waals surface area contributed by atoms with E-state index >= 15 is 0 Å². The van der Waals surface area contributed by atoms with Gasteiger partial charge in [-0.2, -0.15) is 0 Å². The number of carbonyl (C=O) groups is 2. The monoisotopic (exact) mass is 277 g/mol. The molecule has 0 bridgehead atoms. The van der Waals surface area contributed by atoms with Crippen LogP contribution in [0, 0.1) is 0 Å². The highest BCUT2D eigenvalue weighted by atomic mass is 35.5. The van der Waals surface area contributed by atoms with Crippen LogP contribution in [0.4, 0.5) is 0 Å². The first-order chi connectivity index (χ1) is 8.17. The quantitative estimate of drug-likeness (QED) is 0.771. The van der Waals surface area contributed by atoms with E-state index in [9.17, 15) is 9.59 Å². The summed E-state index contributed by atoms with van der Waals surface area (Å²) in [6, 6.07) is 0.134. The fourth-order valence-electron chi connectivity index (χ4n) is 2.04. The van der Waals surface area contributed by atoms with Crippen molar-refractivity contribution in [1.82, 2.24) is 15.5 Å². The van der Waals surface area contributed by atoms with Crippen LogP contribution in [0.15, 0.2) is 0 Å². The number of piperidine rings is 1. The summed E-state index contributed by atoms with van der Waals surface area (Å²) in [4.78, 5) is 25.0. The van der Waals surface area contributed by atoms with Crippen LogP contribution in [-0.2, 0) is 9.59 Å². The molecule has 0 aliphatic carbocycles. The SMILES string of the molecule is CCC(=O)NC1CCCN(C(=O)CCNC)C1.Cl. The minimum Gasteiger partial charge on any atom is -0.352 e. The molecule has 0 aromatic rings. The lowest BCUT2D eigenvalue weighted by Crippen LogP contribution is -2.49. The predicted molar refractivity (Wildman–Crippen MR) is 73.8 cm³/mol. The topological polar surface area (TPSA) is 61.4 Å². The highest BCUT2D eigenvalue weighted by Crippen LogP contribution is 2.11. The number of halogens is 1. The van der Waals surface area contributed by atoms with Crippen LogP contribution in [0.25, 0.3) is 0 Å². The number of rotatable bonds is 5. The van der Waals surface area contributed by atoms with Gasteiger partial charge >= 0.3 is 0 Å². The van der Waals surface area contributed by atoms with E-state index in [1.165, 1.54) is 0 Å². The molecule has 0 radical (unpaired) electrons.